The lowest BCUT2D eigenvalue weighted by Crippen LogP contribution is -2.37. The van der Waals surface area contributed by atoms with Crippen LogP contribution in [0, 0.1) is 29.3 Å². The first-order valence-corrected chi connectivity index (χ1v) is 10.4. The number of alkyl halides is 4. The van der Waals surface area contributed by atoms with Crippen molar-refractivity contribution in [2.24, 2.45) is 11.8 Å². The number of rotatable bonds is 8. The van der Waals surface area contributed by atoms with Crippen LogP contribution in [0.25, 0.3) is 0 Å². The van der Waals surface area contributed by atoms with Crippen LogP contribution in [0.15, 0.2) is 42.7 Å². The molecule has 1 aliphatic carbocycles. The minimum absolute atomic E-state index is 0.0970. The summed E-state index contributed by atoms with van der Waals surface area (Å²) in [6, 6.07) is 1.99. The van der Waals surface area contributed by atoms with Crippen molar-refractivity contribution in [3.63, 3.8) is 0 Å². The van der Waals surface area contributed by atoms with Gasteiger partial charge in [0.2, 0.25) is 0 Å². The molecular weight excluding hydrogens is 495 g/mol. The van der Waals surface area contributed by atoms with Crippen molar-refractivity contribution in [2.75, 3.05) is 0 Å². The number of benzene rings is 2. The Morgan fingerprint density at radius 1 is 0.829 bits per heavy atom. The van der Waals surface area contributed by atoms with Crippen LogP contribution >= 0.6 is 0 Å². The summed E-state index contributed by atoms with van der Waals surface area (Å²) in [5.74, 6) is -8.91. The van der Waals surface area contributed by atoms with E-state index >= 15 is 0 Å². The lowest BCUT2D eigenvalue weighted by atomic mass is 9.82. The van der Waals surface area contributed by atoms with Crippen molar-refractivity contribution in [1.82, 2.24) is 0 Å². The van der Waals surface area contributed by atoms with E-state index in [1.165, 1.54) is 0 Å². The topological polar surface area (TPSA) is 27.7 Å². The summed E-state index contributed by atoms with van der Waals surface area (Å²) in [7, 11) is 0. The predicted molar refractivity (Wildman–Crippen MR) is 105 cm³/mol. The van der Waals surface area contributed by atoms with E-state index in [4.69, 9.17) is 0 Å². The van der Waals surface area contributed by atoms with Crippen molar-refractivity contribution in [3.05, 3.63) is 65.7 Å². The number of halogens is 9. The van der Waals surface area contributed by atoms with Crippen LogP contribution in [0.1, 0.15) is 38.2 Å². The third-order valence-electron chi connectivity index (χ3n) is 5.48. The van der Waals surface area contributed by atoms with E-state index < -0.39 is 64.5 Å². The van der Waals surface area contributed by atoms with E-state index in [1.54, 1.807) is 0 Å². The quantitative estimate of drug-likeness (QED) is 0.263. The van der Waals surface area contributed by atoms with Gasteiger partial charge in [0.15, 0.2) is 17.8 Å². The highest BCUT2D eigenvalue weighted by Crippen LogP contribution is 2.42. The van der Waals surface area contributed by atoms with Gasteiger partial charge in [-0.3, -0.25) is 0 Å². The molecule has 0 N–H and O–H groups in total. The molecule has 3 rings (SSSR count). The molecule has 1 aliphatic rings. The van der Waals surface area contributed by atoms with Gasteiger partial charge in [-0.2, -0.15) is 26.3 Å². The van der Waals surface area contributed by atoms with E-state index in [1.807, 2.05) is 6.92 Å². The summed E-state index contributed by atoms with van der Waals surface area (Å²) in [6.07, 6.45) is -9.58. The molecule has 0 radical (unpaired) electrons. The zero-order valence-electron chi connectivity index (χ0n) is 18.1. The van der Waals surface area contributed by atoms with Crippen molar-refractivity contribution >= 4 is 0 Å². The van der Waals surface area contributed by atoms with E-state index in [-0.39, 0.29) is 37.2 Å². The lowest BCUT2D eigenvalue weighted by Gasteiger charge is -2.32. The fourth-order valence-electron chi connectivity index (χ4n) is 3.67. The Morgan fingerprint density at radius 3 is 1.94 bits per heavy atom. The SMILES string of the molecule is CC1CCC(C(F)(F)Oc2cc(F)c(C(F)(F)Oc3ccc(OC=C(F)F)c(F)c3)c(F)c2)CC1. The summed E-state index contributed by atoms with van der Waals surface area (Å²) >= 11 is 0. The molecular formula is C23H19F9O3. The summed E-state index contributed by atoms with van der Waals surface area (Å²) in [5, 5.41) is 0. The summed E-state index contributed by atoms with van der Waals surface area (Å²) in [4.78, 5) is 0. The van der Waals surface area contributed by atoms with Crippen LogP contribution < -0.4 is 14.2 Å². The molecule has 2 aromatic rings. The maximum Gasteiger partial charge on any atom is 0.432 e. The second kappa shape index (κ2) is 10.3. The highest BCUT2D eigenvalue weighted by Gasteiger charge is 2.45. The third kappa shape index (κ3) is 6.55. The highest BCUT2D eigenvalue weighted by atomic mass is 19.3. The molecule has 0 heterocycles. The first kappa shape index (κ1) is 26.6. The normalized spacial score (nSPS) is 18.7. The highest BCUT2D eigenvalue weighted by molar-refractivity contribution is 5.36. The molecule has 0 unspecified atom stereocenters. The van der Waals surface area contributed by atoms with Gasteiger partial charge in [-0.15, -0.1) is 0 Å². The summed E-state index contributed by atoms with van der Waals surface area (Å²) < 4.78 is 138. The van der Waals surface area contributed by atoms with Gasteiger partial charge in [-0.05, 0) is 30.9 Å². The Labute approximate surface area is 194 Å². The number of hydrogen-bond acceptors (Lipinski definition) is 3. The van der Waals surface area contributed by atoms with Crippen molar-refractivity contribution in [2.45, 2.75) is 44.8 Å². The molecule has 0 aromatic heterocycles. The maximum atomic E-state index is 14.5. The fraction of sp³-hybridized carbons (Fsp3) is 0.391. The minimum atomic E-state index is -4.71. The minimum Gasteiger partial charge on any atom is -0.456 e. The second-order valence-electron chi connectivity index (χ2n) is 8.12. The zero-order valence-corrected chi connectivity index (χ0v) is 18.1. The van der Waals surface area contributed by atoms with Crippen LogP contribution in [-0.4, -0.2) is 6.11 Å². The molecule has 0 amide bonds. The molecule has 35 heavy (non-hydrogen) atoms. The first-order chi connectivity index (χ1) is 16.3. The Hall–Kier alpha value is -3.05. The van der Waals surface area contributed by atoms with Crippen molar-refractivity contribution in [3.8, 4) is 17.2 Å². The Bertz CT molecular complexity index is 1050. The van der Waals surface area contributed by atoms with E-state index in [0.29, 0.717) is 31.0 Å². The molecule has 3 nitrogen and oxygen atoms in total. The van der Waals surface area contributed by atoms with Gasteiger partial charge in [0.25, 0.3) is 0 Å². The van der Waals surface area contributed by atoms with Crippen LogP contribution in [0.5, 0.6) is 17.2 Å². The molecule has 2 aromatic carbocycles. The number of hydrogen-bond donors (Lipinski definition) is 0. The molecule has 1 fully saturated rings. The van der Waals surface area contributed by atoms with Crippen molar-refractivity contribution < 1.29 is 53.7 Å². The Balaban J connectivity index is 1.78. The monoisotopic (exact) mass is 514 g/mol. The fourth-order valence-corrected chi connectivity index (χ4v) is 3.67. The molecule has 0 spiro atoms. The smallest absolute Gasteiger partial charge is 0.432 e. The standard InChI is InChI=1S/C23H19F9O3/c1-12-2-4-13(5-3-12)22(29,30)35-15-9-17(25)21(18(26)10-15)23(31,32)34-14-6-7-19(16(24)8-14)33-11-20(27)28/h6-13H,2-5H2,1H3. The van der Waals surface area contributed by atoms with Crippen molar-refractivity contribution in [1.29, 1.82) is 0 Å². The van der Waals surface area contributed by atoms with Crippen LogP contribution in [0.3, 0.4) is 0 Å². The average Bonchev–Trinajstić information content (AvgIpc) is 2.72. The van der Waals surface area contributed by atoms with E-state index in [9.17, 15) is 39.5 Å². The molecule has 0 bridgehead atoms. The Kier molecular flexibility index (Phi) is 7.80. The Morgan fingerprint density at radius 2 is 1.40 bits per heavy atom. The largest absolute Gasteiger partial charge is 0.456 e. The maximum absolute atomic E-state index is 14.5. The van der Waals surface area contributed by atoms with Crippen LogP contribution in [0.2, 0.25) is 0 Å². The molecule has 12 heteroatoms. The van der Waals surface area contributed by atoms with Gasteiger partial charge in [0.05, 0.1) is 5.92 Å². The van der Waals surface area contributed by atoms with E-state index in [0.717, 1.165) is 0 Å². The molecule has 192 valence electrons. The summed E-state index contributed by atoms with van der Waals surface area (Å²) in [5.41, 5.74) is -1.93. The molecule has 0 atom stereocenters. The first-order valence-electron chi connectivity index (χ1n) is 10.4. The van der Waals surface area contributed by atoms with Crippen LogP contribution in [0.4, 0.5) is 39.5 Å². The van der Waals surface area contributed by atoms with Gasteiger partial charge in [-0.25, -0.2) is 13.2 Å². The van der Waals surface area contributed by atoms with E-state index in [2.05, 4.69) is 14.2 Å². The second-order valence-corrected chi connectivity index (χ2v) is 8.12. The molecule has 0 aliphatic heterocycles. The molecule has 1 saturated carbocycles. The average molecular weight is 514 g/mol. The van der Waals surface area contributed by atoms with Gasteiger partial charge >= 0.3 is 18.3 Å². The molecule has 0 saturated heterocycles. The lowest BCUT2D eigenvalue weighted by molar-refractivity contribution is -0.223. The summed E-state index contributed by atoms with van der Waals surface area (Å²) in [6.45, 7) is 1.91. The zero-order chi connectivity index (χ0) is 26.0. The van der Waals surface area contributed by atoms with Gasteiger partial charge in [0, 0.05) is 18.2 Å². The third-order valence-corrected chi connectivity index (χ3v) is 5.48. The predicted octanol–water partition coefficient (Wildman–Crippen LogP) is 8.15. The van der Waals surface area contributed by atoms with Gasteiger partial charge in [-0.1, -0.05) is 19.8 Å². The van der Waals surface area contributed by atoms with Crippen LogP contribution in [-0.2, 0) is 6.11 Å². The van der Waals surface area contributed by atoms with Gasteiger partial charge in [0.1, 0.15) is 28.7 Å². The van der Waals surface area contributed by atoms with Gasteiger partial charge < -0.3 is 14.2 Å². The number of ether oxygens (including phenoxy) is 3.